The second kappa shape index (κ2) is 5.98. The van der Waals surface area contributed by atoms with Gasteiger partial charge in [0.05, 0.1) is 6.04 Å². The topological polar surface area (TPSA) is 29.3 Å². The summed E-state index contributed by atoms with van der Waals surface area (Å²) >= 11 is 1.78. The molecule has 17 heavy (non-hydrogen) atoms. The van der Waals surface area contributed by atoms with Crippen molar-refractivity contribution in [2.75, 3.05) is 13.1 Å². The minimum atomic E-state index is 0.262. The van der Waals surface area contributed by atoms with Gasteiger partial charge in [-0.15, -0.1) is 0 Å². The van der Waals surface area contributed by atoms with Crippen molar-refractivity contribution in [2.24, 2.45) is 11.7 Å². The summed E-state index contributed by atoms with van der Waals surface area (Å²) in [5, 5.41) is 4.43. The smallest absolute Gasteiger partial charge is 0.0507 e. The van der Waals surface area contributed by atoms with Crippen molar-refractivity contribution in [3.8, 4) is 0 Å². The van der Waals surface area contributed by atoms with Crippen LogP contribution in [0.5, 0.6) is 0 Å². The van der Waals surface area contributed by atoms with E-state index in [9.17, 15) is 0 Å². The lowest BCUT2D eigenvalue weighted by Gasteiger charge is -2.39. The van der Waals surface area contributed by atoms with E-state index in [1.54, 1.807) is 11.3 Å². The number of rotatable bonds is 4. The summed E-state index contributed by atoms with van der Waals surface area (Å²) in [5.41, 5.74) is 7.75. The van der Waals surface area contributed by atoms with Crippen molar-refractivity contribution in [3.05, 3.63) is 22.4 Å². The van der Waals surface area contributed by atoms with Crippen LogP contribution < -0.4 is 5.73 Å². The van der Waals surface area contributed by atoms with Crippen molar-refractivity contribution in [3.63, 3.8) is 0 Å². The predicted molar refractivity (Wildman–Crippen MR) is 75.3 cm³/mol. The van der Waals surface area contributed by atoms with Gasteiger partial charge in [0.25, 0.3) is 0 Å². The highest BCUT2D eigenvalue weighted by Gasteiger charge is 2.28. The molecule has 0 amide bonds. The summed E-state index contributed by atoms with van der Waals surface area (Å²) in [6.45, 7) is 6.96. The van der Waals surface area contributed by atoms with Gasteiger partial charge in [-0.2, -0.15) is 11.3 Å². The molecule has 0 radical (unpaired) electrons. The van der Waals surface area contributed by atoms with E-state index in [1.165, 1.54) is 31.5 Å². The zero-order valence-corrected chi connectivity index (χ0v) is 11.7. The Balaban J connectivity index is 2.10. The van der Waals surface area contributed by atoms with Crippen LogP contribution in [0.15, 0.2) is 16.8 Å². The molecule has 0 bridgehead atoms. The van der Waals surface area contributed by atoms with Crippen LogP contribution in [-0.4, -0.2) is 24.0 Å². The highest BCUT2D eigenvalue weighted by atomic mass is 32.1. The lowest BCUT2D eigenvalue weighted by atomic mass is 9.93. The molecule has 1 aliphatic rings. The molecule has 1 aromatic rings. The molecule has 3 heteroatoms. The number of thiophene rings is 1. The van der Waals surface area contributed by atoms with E-state index in [0.29, 0.717) is 6.04 Å². The standard InChI is InChI=1S/C14H24N2S/c1-3-13(15)14(12-6-9-17-10-12)16-7-4-11(2)5-8-16/h6,9-11,13-14H,3-5,7-8,15H2,1-2H3. The minimum absolute atomic E-state index is 0.262. The van der Waals surface area contributed by atoms with Crippen molar-refractivity contribution in [1.29, 1.82) is 0 Å². The van der Waals surface area contributed by atoms with Crippen LogP contribution in [0.1, 0.15) is 44.7 Å². The number of hydrogen-bond donors (Lipinski definition) is 1. The van der Waals surface area contributed by atoms with Gasteiger partial charge in [-0.05, 0) is 60.7 Å². The van der Waals surface area contributed by atoms with Crippen LogP contribution >= 0.6 is 11.3 Å². The van der Waals surface area contributed by atoms with Gasteiger partial charge in [-0.3, -0.25) is 4.90 Å². The fraction of sp³-hybridized carbons (Fsp3) is 0.714. The Morgan fingerprint density at radius 2 is 2.18 bits per heavy atom. The molecule has 1 aliphatic heterocycles. The van der Waals surface area contributed by atoms with Crippen LogP contribution in [-0.2, 0) is 0 Å². The van der Waals surface area contributed by atoms with Gasteiger partial charge in [-0.1, -0.05) is 13.8 Å². The summed E-state index contributed by atoms with van der Waals surface area (Å²) in [7, 11) is 0. The molecule has 96 valence electrons. The number of hydrogen-bond acceptors (Lipinski definition) is 3. The van der Waals surface area contributed by atoms with Crippen molar-refractivity contribution in [2.45, 2.75) is 45.2 Å². The van der Waals surface area contributed by atoms with E-state index >= 15 is 0 Å². The third-order valence-electron chi connectivity index (χ3n) is 3.97. The van der Waals surface area contributed by atoms with Crippen LogP contribution in [0.2, 0.25) is 0 Å². The maximum atomic E-state index is 6.34. The maximum absolute atomic E-state index is 6.34. The Morgan fingerprint density at radius 3 is 2.71 bits per heavy atom. The van der Waals surface area contributed by atoms with Gasteiger partial charge in [0, 0.05) is 6.04 Å². The molecule has 1 fully saturated rings. The van der Waals surface area contributed by atoms with E-state index in [1.807, 2.05) is 0 Å². The Labute approximate surface area is 109 Å². The Morgan fingerprint density at radius 1 is 1.47 bits per heavy atom. The fourth-order valence-electron chi connectivity index (χ4n) is 2.70. The molecule has 2 N–H and O–H groups in total. The largest absolute Gasteiger partial charge is 0.326 e. The average Bonchev–Trinajstić information content (AvgIpc) is 2.85. The Bertz CT molecular complexity index is 315. The molecule has 0 spiro atoms. The van der Waals surface area contributed by atoms with Gasteiger partial charge >= 0.3 is 0 Å². The molecule has 1 aromatic heterocycles. The summed E-state index contributed by atoms with van der Waals surface area (Å²) in [4.78, 5) is 2.59. The molecule has 1 saturated heterocycles. The summed E-state index contributed by atoms with van der Waals surface area (Å²) < 4.78 is 0. The number of nitrogens with two attached hydrogens (primary N) is 1. The first-order valence-corrected chi connectivity index (χ1v) is 7.68. The number of likely N-dealkylation sites (tertiary alicyclic amines) is 1. The van der Waals surface area contributed by atoms with Crippen LogP contribution in [0.25, 0.3) is 0 Å². The highest BCUT2D eigenvalue weighted by Crippen LogP contribution is 2.30. The first-order valence-electron chi connectivity index (χ1n) is 6.74. The molecule has 0 saturated carbocycles. The lowest BCUT2D eigenvalue weighted by Crippen LogP contribution is -2.44. The zero-order valence-electron chi connectivity index (χ0n) is 10.9. The van der Waals surface area contributed by atoms with E-state index in [4.69, 9.17) is 5.73 Å². The minimum Gasteiger partial charge on any atom is -0.326 e. The number of piperidine rings is 1. The quantitative estimate of drug-likeness (QED) is 0.891. The normalized spacial score (nSPS) is 22.5. The summed E-state index contributed by atoms with van der Waals surface area (Å²) in [6, 6.07) is 2.93. The van der Waals surface area contributed by atoms with Gasteiger partial charge in [-0.25, -0.2) is 0 Å². The Hall–Kier alpha value is -0.380. The molecule has 0 aliphatic carbocycles. The third kappa shape index (κ3) is 3.09. The van der Waals surface area contributed by atoms with E-state index < -0.39 is 0 Å². The molecule has 0 aromatic carbocycles. The molecule has 2 atom stereocenters. The van der Waals surface area contributed by atoms with E-state index in [2.05, 4.69) is 35.6 Å². The van der Waals surface area contributed by atoms with Gasteiger partial charge in [0.1, 0.15) is 0 Å². The van der Waals surface area contributed by atoms with Gasteiger partial charge < -0.3 is 5.73 Å². The van der Waals surface area contributed by atoms with Crippen molar-refractivity contribution < 1.29 is 0 Å². The predicted octanol–water partition coefficient (Wildman–Crippen LogP) is 3.26. The molecular formula is C14H24N2S. The average molecular weight is 252 g/mol. The third-order valence-corrected chi connectivity index (χ3v) is 4.67. The van der Waals surface area contributed by atoms with Crippen molar-refractivity contribution >= 4 is 11.3 Å². The van der Waals surface area contributed by atoms with Crippen LogP contribution in [0.4, 0.5) is 0 Å². The number of nitrogens with zero attached hydrogens (tertiary/aromatic N) is 1. The molecule has 2 unspecified atom stereocenters. The lowest BCUT2D eigenvalue weighted by molar-refractivity contribution is 0.119. The van der Waals surface area contributed by atoms with Crippen LogP contribution in [0, 0.1) is 5.92 Å². The summed E-state index contributed by atoms with van der Waals surface area (Å²) in [6.07, 6.45) is 3.68. The maximum Gasteiger partial charge on any atom is 0.0507 e. The Kier molecular flexibility index (Phi) is 4.60. The van der Waals surface area contributed by atoms with Gasteiger partial charge in [0.15, 0.2) is 0 Å². The first-order chi connectivity index (χ1) is 8.22. The fourth-order valence-corrected chi connectivity index (χ4v) is 3.39. The SMILES string of the molecule is CCC(N)C(c1ccsc1)N1CCC(C)CC1. The zero-order chi connectivity index (χ0) is 12.3. The second-order valence-electron chi connectivity index (χ2n) is 5.29. The first kappa shape index (κ1) is 13.1. The van der Waals surface area contributed by atoms with E-state index in [0.717, 1.165) is 12.3 Å². The molecule has 2 rings (SSSR count). The molecule has 2 nitrogen and oxygen atoms in total. The van der Waals surface area contributed by atoms with Crippen molar-refractivity contribution in [1.82, 2.24) is 4.90 Å². The van der Waals surface area contributed by atoms with Crippen LogP contribution in [0.3, 0.4) is 0 Å². The second-order valence-corrected chi connectivity index (χ2v) is 6.07. The van der Waals surface area contributed by atoms with Gasteiger partial charge in [0.2, 0.25) is 0 Å². The summed E-state index contributed by atoms with van der Waals surface area (Å²) in [5.74, 6) is 0.882. The monoisotopic (exact) mass is 252 g/mol. The molecule has 2 heterocycles. The highest BCUT2D eigenvalue weighted by molar-refractivity contribution is 7.07. The van der Waals surface area contributed by atoms with E-state index in [-0.39, 0.29) is 6.04 Å². The molecular weight excluding hydrogens is 228 g/mol.